The zero-order chi connectivity index (χ0) is 15.5. The lowest BCUT2D eigenvalue weighted by atomic mass is 10.0. The van der Waals surface area contributed by atoms with Crippen molar-refractivity contribution in [1.82, 2.24) is 10.3 Å². The number of carbonyl (C=O) groups is 1. The van der Waals surface area contributed by atoms with Gasteiger partial charge in [-0.3, -0.25) is 4.79 Å². The summed E-state index contributed by atoms with van der Waals surface area (Å²) in [5, 5.41) is 3.09. The highest BCUT2D eigenvalue weighted by Crippen LogP contribution is 2.09. The zero-order valence-electron chi connectivity index (χ0n) is 13.0. The largest absolute Gasteiger partial charge is 0.348 e. The lowest BCUT2D eigenvalue weighted by molar-refractivity contribution is 0.0927. The highest BCUT2D eigenvalue weighted by molar-refractivity contribution is 5.94. The van der Waals surface area contributed by atoms with Crippen LogP contribution in [0, 0.1) is 11.8 Å². The molecule has 0 bridgehead atoms. The van der Waals surface area contributed by atoms with E-state index in [4.69, 9.17) is 5.73 Å². The molecule has 1 aromatic rings. The third-order valence-corrected chi connectivity index (χ3v) is 3.23. The molecule has 3 N–H and O–H groups in total. The SMILES string of the molecule is CCCCC(CCC)NC(=O)c1ncccc1C#CCN. The molecule has 21 heavy (non-hydrogen) atoms. The fourth-order valence-corrected chi connectivity index (χ4v) is 2.17. The molecule has 0 radical (unpaired) electrons. The first-order chi connectivity index (χ1) is 10.2. The van der Waals surface area contributed by atoms with E-state index < -0.39 is 0 Å². The van der Waals surface area contributed by atoms with E-state index in [1.807, 2.05) is 0 Å². The number of hydrogen-bond acceptors (Lipinski definition) is 3. The van der Waals surface area contributed by atoms with Gasteiger partial charge in [0.25, 0.3) is 5.91 Å². The van der Waals surface area contributed by atoms with Crippen LogP contribution in [0.1, 0.15) is 62.0 Å². The van der Waals surface area contributed by atoms with Crippen molar-refractivity contribution < 1.29 is 4.79 Å². The van der Waals surface area contributed by atoms with Gasteiger partial charge in [0.1, 0.15) is 5.69 Å². The molecule has 0 aliphatic carbocycles. The predicted octanol–water partition coefficient (Wildman–Crippen LogP) is 2.48. The van der Waals surface area contributed by atoms with E-state index in [9.17, 15) is 4.79 Å². The normalized spacial score (nSPS) is 11.4. The molecule has 4 heteroatoms. The third kappa shape index (κ3) is 5.97. The molecule has 1 heterocycles. The Morgan fingerprint density at radius 1 is 1.38 bits per heavy atom. The van der Waals surface area contributed by atoms with Crippen LogP contribution in [0.3, 0.4) is 0 Å². The Bertz CT molecular complexity index is 502. The van der Waals surface area contributed by atoms with Gasteiger partial charge in [0.05, 0.1) is 12.1 Å². The van der Waals surface area contributed by atoms with Crippen LogP contribution in [0.2, 0.25) is 0 Å². The fraction of sp³-hybridized carbons (Fsp3) is 0.529. The number of nitrogens with one attached hydrogen (secondary N) is 1. The fourth-order valence-electron chi connectivity index (χ4n) is 2.17. The number of nitrogens with two attached hydrogens (primary N) is 1. The van der Waals surface area contributed by atoms with Crippen molar-refractivity contribution in [1.29, 1.82) is 0 Å². The van der Waals surface area contributed by atoms with Crippen molar-refractivity contribution in [2.75, 3.05) is 6.54 Å². The van der Waals surface area contributed by atoms with Crippen molar-refractivity contribution in [3.05, 3.63) is 29.6 Å². The molecule has 0 aliphatic rings. The molecule has 0 spiro atoms. The Morgan fingerprint density at radius 3 is 2.86 bits per heavy atom. The maximum atomic E-state index is 12.4. The second-order valence-electron chi connectivity index (χ2n) is 5.01. The number of pyridine rings is 1. The monoisotopic (exact) mass is 287 g/mol. The quantitative estimate of drug-likeness (QED) is 0.757. The summed E-state index contributed by atoms with van der Waals surface area (Å²) in [5.41, 5.74) is 6.40. The van der Waals surface area contributed by atoms with E-state index in [0.717, 1.165) is 32.1 Å². The number of carbonyl (C=O) groups excluding carboxylic acids is 1. The van der Waals surface area contributed by atoms with E-state index in [0.29, 0.717) is 11.3 Å². The number of unbranched alkanes of at least 4 members (excludes halogenated alkanes) is 1. The van der Waals surface area contributed by atoms with Gasteiger partial charge >= 0.3 is 0 Å². The number of hydrogen-bond donors (Lipinski definition) is 2. The second-order valence-corrected chi connectivity index (χ2v) is 5.01. The Morgan fingerprint density at radius 2 is 2.19 bits per heavy atom. The maximum absolute atomic E-state index is 12.4. The van der Waals surface area contributed by atoms with Crippen LogP contribution in [0.15, 0.2) is 18.3 Å². The van der Waals surface area contributed by atoms with Gasteiger partial charge in [-0.15, -0.1) is 0 Å². The summed E-state index contributed by atoms with van der Waals surface area (Å²) in [6, 6.07) is 3.78. The van der Waals surface area contributed by atoms with E-state index in [2.05, 4.69) is 36.0 Å². The van der Waals surface area contributed by atoms with Crippen molar-refractivity contribution in [3.8, 4) is 11.8 Å². The first-order valence-corrected chi connectivity index (χ1v) is 7.67. The van der Waals surface area contributed by atoms with Crippen molar-refractivity contribution in [3.63, 3.8) is 0 Å². The molecule has 1 atom stereocenters. The highest BCUT2D eigenvalue weighted by Gasteiger charge is 2.16. The lowest BCUT2D eigenvalue weighted by Crippen LogP contribution is -2.35. The predicted molar refractivity (Wildman–Crippen MR) is 85.9 cm³/mol. The third-order valence-electron chi connectivity index (χ3n) is 3.23. The Labute approximate surface area is 127 Å². The first kappa shape index (κ1) is 17.2. The lowest BCUT2D eigenvalue weighted by Gasteiger charge is -2.17. The molecule has 4 nitrogen and oxygen atoms in total. The molecule has 0 saturated heterocycles. The second kappa shape index (κ2) is 9.95. The summed E-state index contributed by atoms with van der Waals surface area (Å²) in [6.07, 6.45) is 6.91. The molecule has 0 aromatic carbocycles. The molecular formula is C17H25N3O. The molecule has 114 valence electrons. The van der Waals surface area contributed by atoms with Crippen molar-refractivity contribution in [2.24, 2.45) is 5.73 Å². The number of aromatic nitrogens is 1. The molecule has 0 saturated carbocycles. The topological polar surface area (TPSA) is 68.0 Å². The van der Waals surface area contributed by atoms with Crippen LogP contribution < -0.4 is 11.1 Å². The summed E-state index contributed by atoms with van der Waals surface area (Å²) < 4.78 is 0. The van der Waals surface area contributed by atoms with E-state index >= 15 is 0 Å². The number of nitrogens with zero attached hydrogens (tertiary/aromatic N) is 1. The summed E-state index contributed by atoms with van der Waals surface area (Å²) in [6.45, 7) is 4.55. The van der Waals surface area contributed by atoms with Crippen molar-refractivity contribution in [2.45, 2.75) is 52.0 Å². The van der Waals surface area contributed by atoms with Crippen LogP contribution in [0.25, 0.3) is 0 Å². The molecule has 1 unspecified atom stereocenters. The van der Waals surface area contributed by atoms with E-state index in [-0.39, 0.29) is 18.5 Å². The average molecular weight is 287 g/mol. The summed E-state index contributed by atoms with van der Waals surface area (Å²) in [5.74, 6) is 5.53. The molecule has 1 amide bonds. The molecule has 0 fully saturated rings. The van der Waals surface area contributed by atoms with Crippen LogP contribution in [-0.2, 0) is 0 Å². The molecule has 0 aliphatic heterocycles. The smallest absolute Gasteiger partial charge is 0.271 e. The summed E-state index contributed by atoms with van der Waals surface area (Å²) in [4.78, 5) is 16.6. The van der Waals surface area contributed by atoms with Gasteiger partial charge in [-0.05, 0) is 25.0 Å². The van der Waals surface area contributed by atoms with E-state index in [1.165, 1.54) is 0 Å². The molecule has 1 aromatic heterocycles. The Hall–Kier alpha value is -1.86. The van der Waals surface area contributed by atoms with Gasteiger partial charge < -0.3 is 11.1 Å². The standard InChI is InChI=1S/C17H25N3O/c1-3-5-11-15(8-4-2)20-17(21)16-14(9-6-12-18)10-7-13-19-16/h7,10,13,15H,3-5,8,11-12,18H2,1-2H3,(H,20,21). The zero-order valence-corrected chi connectivity index (χ0v) is 13.0. The molecule has 1 rings (SSSR count). The van der Waals surface area contributed by atoms with Gasteiger partial charge in [0.2, 0.25) is 0 Å². The van der Waals surface area contributed by atoms with Crippen LogP contribution in [-0.4, -0.2) is 23.5 Å². The van der Waals surface area contributed by atoms with Gasteiger partial charge in [-0.25, -0.2) is 4.98 Å². The van der Waals surface area contributed by atoms with Gasteiger partial charge in [-0.2, -0.15) is 0 Å². The van der Waals surface area contributed by atoms with Gasteiger partial charge in [0.15, 0.2) is 0 Å². The number of rotatable bonds is 7. The van der Waals surface area contributed by atoms with E-state index in [1.54, 1.807) is 18.3 Å². The minimum atomic E-state index is -0.147. The molecular weight excluding hydrogens is 262 g/mol. The Balaban J connectivity index is 2.81. The summed E-state index contributed by atoms with van der Waals surface area (Å²) >= 11 is 0. The highest BCUT2D eigenvalue weighted by atomic mass is 16.1. The minimum absolute atomic E-state index is 0.147. The summed E-state index contributed by atoms with van der Waals surface area (Å²) in [7, 11) is 0. The van der Waals surface area contributed by atoms with Crippen LogP contribution in [0.4, 0.5) is 0 Å². The number of amides is 1. The van der Waals surface area contributed by atoms with Crippen LogP contribution >= 0.6 is 0 Å². The van der Waals surface area contributed by atoms with Crippen molar-refractivity contribution >= 4 is 5.91 Å². The minimum Gasteiger partial charge on any atom is -0.348 e. The maximum Gasteiger partial charge on any atom is 0.271 e. The first-order valence-electron chi connectivity index (χ1n) is 7.67. The Kier molecular flexibility index (Phi) is 8.15. The van der Waals surface area contributed by atoms with Gasteiger partial charge in [0, 0.05) is 12.2 Å². The average Bonchev–Trinajstić information content (AvgIpc) is 2.51. The van der Waals surface area contributed by atoms with Gasteiger partial charge in [-0.1, -0.05) is 45.0 Å². The van der Waals surface area contributed by atoms with Crippen LogP contribution in [0.5, 0.6) is 0 Å².